The smallest absolute Gasteiger partial charge is 0.0552 e. The van der Waals surface area contributed by atoms with Gasteiger partial charge in [-0.3, -0.25) is 0 Å². The largest absolute Gasteiger partial charge is 0.0736 e. The summed E-state index contributed by atoms with van der Waals surface area (Å²) < 4.78 is 0. The van der Waals surface area contributed by atoms with Gasteiger partial charge in [-0.15, -0.1) is 0 Å². The summed E-state index contributed by atoms with van der Waals surface area (Å²) in [7, 11) is 0. The molecule has 0 spiro atoms. The average molecular weight is 280 g/mol. The Morgan fingerprint density at radius 1 is 0.562 bits per heavy atom. The number of benzene rings is 2. The van der Waals surface area contributed by atoms with E-state index in [2.05, 4.69) is 82.7 Å². The monoisotopic (exact) mass is 280 g/mol. The average Bonchev–Trinajstić information content (AvgIpc) is 2.30. The lowest BCUT2D eigenvalue weighted by atomic mass is 10.4. The van der Waals surface area contributed by atoms with Crippen molar-refractivity contribution in [2.24, 2.45) is 0 Å². The van der Waals surface area contributed by atoms with Crippen molar-refractivity contribution in [3.8, 4) is 0 Å². The first-order valence-electron chi connectivity index (χ1n) is 5.00. The second kappa shape index (κ2) is 5.10. The Kier molecular flexibility index (Phi) is 3.54. The molecular formula is C12H10P2S2. The highest BCUT2D eigenvalue weighted by Gasteiger charge is 2.33. The predicted octanol–water partition coefficient (Wildman–Crippen LogP) is 4.74. The molecule has 0 amide bonds. The van der Waals surface area contributed by atoms with Gasteiger partial charge in [0.15, 0.2) is 0 Å². The summed E-state index contributed by atoms with van der Waals surface area (Å²) in [5.74, 6) is 0. The SMILES string of the molecule is c1ccc(P2SP(c3ccccc3)S2)cc1. The van der Waals surface area contributed by atoms with Crippen molar-refractivity contribution in [2.75, 3.05) is 0 Å². The molecule has 2 aromatic rings. The first-order chi connectivity index (χ1) is 7.93. The van der Waals surface area contributed by atoms with Crippen LogP contribution in [-0.4, -0.2) is 0 Å². The van der Waals surface area contributed by atoms with Crippen molar-refractivity contribution in [1.82, 2.24) is 0 Å². The van der Waals surface area contributed by atoms with Crippen LogP contribution in [0.3, 0.4) is 0 Å². The van der Waals surface area contributed by atoms with Gasteiger partial charge in [0.2, 0.25) is 0 Å². The highest BCUT2D eigenvalue weighted by molar-refractivity contribution is 9.37. The fourth-order valence-electron chi connectivity index (χ4n) is 1.43. The van der Waals surface area contributed by atoms with Gasteiger partial charge in [-0.2, -0.15) is 0 Å². The fraction of sp³-hybridized carbons (Fsp3) is 0. The third kappa shape index (κ3) is 2.31. The summed E-state index contributed by atoms with van der Waals surface area (Å²) in [5, 5.41) is 3.03. The molecule has 1 aliphatic heterocycles. The van der Waals surface area contributed by atoms with Crippen molar-refractivity contribution in [1.29, 1.82) is 0 Å². The van der Waals surface area contributed by atoms with Gasteiger partial charge < -0.3 is 0 Å². The molecule has 1 aliphatic rings. The van der Waals surface area contributed by atoms with Crippen LogP contribution in [-0.2, 0) is 0 Å². The van der Waals surface area contributed by atoms with Crippen LogP contribution in [0.4, 0.5) is 0 Å². The van der Waals surface area contributed by atoms with Crippen molar-refractivity contribution in [2.45, 2.75) is 0 Å². The lowest BCUT2D eigenvalue weighted by molar-refractivity contribution is 1.78. The van der Waals surface area contributed by atoms with E-state index in [1.165, 1.54) is 10.6 Å². The standard InChI is InChI=1S/C12H10P2S2/c1-3-7-11(8-4-1)13-15-14(16-13)12-9-5-2-6-10-12/h1-10H. The molecule has 2 aromatic carbocycles. The summed E-state index contributed by atoms with van der Waals surface area (Å²) in [5.41, 5.74) is 0. The molecule has 4 heteroatoms. The zero-order valence-corrected chi connectivity index (χ0v) is 11.9. The van der Waals surface area contributed by atoms with Crippen LogP contribution in [0.1, 0.15) is 0 Å². The molecule has 0 N–H and O–H groups in total. The van der Waals surface area contributed by atoms with E-state index >= 15 is 0 Å². The molecule has 0 aromatic heterocycles. The Morgan fingerprint density at radius 2 is 0.938 bits per heavy atom. The van der Waals surface area contributed by atoms with Gasteiger partial charge in [0.05, 0.1) is 12.7 Å². The molecule has 1 saturated heterocycles. The van der Waals surface area contributed by atoms with Crippen LogP contribution in [0.5, 0.6) is 0 Å². The molecule has 0 aliphatic carbocycles. The van der Waals surface area contributed by atoms with Gasteiger partial charge >= 0.3 is 0 Å². The lowest BCUT2D eigenvalue weighted by Gasteiger charge is -2.33. The van der Waals surface area contributed by atoms with Crippen LogP contribution < -0.4 is 10.6 Å². The molecule has 1 heterocycles. The third-order valence-corrected chi connectivity index (χ3v) is 21.1. The summed E-state index contributed by atoms with van der Waals surface area (Å²) in [6.07, 6.45) is 0.0126. The summed E-state index contributed by atoms with van der Waals surface area (Å²) >= 11 is 4.34. The maximum absolute atomic E-state index is 2.25. The van der Waals surface area contributed by atoms with E-state index in [0.717, 1.165) is 0 Å². The molecule has 0 unspecified atom stereocenters. The van der Waals surface area contributed by atoms with Crippen LogP contribution in [0.25, 0.3) is 0 Å². The van der Waals surface area contributed by atoms with Gasteiger partial charge in [0.25, 0.3) is 0 Å². The molecule has 16 heavy (non-hydrogen) atoms. The summed E-state index contributed by atoms with van der Waals surface area (Å²) in [6, 6.07) is 21.8. The first-order valence-corrected chi connectivity index (χ1v) is 11.7. The van der Waals surface area contributed by atoms with E-state index in [4.69, 9.17) is 0 Å². The van der Waals surface area contributed by atoms with Gasteiger partial charge in [0, 0.05) is 0 Å². The van der Waals surface area contributed by atoms with Crippen LogP contribution >= 0.6 is 34.7 Å². The lowest BCUT2D eigenvalue weighted by Crippen LogP contribution is -2.02. The van der Waals surface area contributed by atoms with Crippen molar-refractivity contribution < 1.29 is 0 Å². The number of rotatable bonds is 2. The molecular weight excluding hydrogens is 270 g/mol. The Hall–Kier alpha value is -0.000000000000000111. The third-order valence-electron chi connectivity index (χ3n) is 2.23. The predicted molar refractivity (Wildman–Crippen MR) is 81.2 cm³/mol. The van der Waals surface area contributed by atoms with E-state index in [1.54, 1.807) is 0 Å². The Bertz CT molecular complexity index is 411. The van der Waals surface area contributed by atoms with Gasteiger partial charge in [-0.05, 0) is 10.6 Å². The van der Waals surface area contributed by atoms with Crippen molar-refractivity contribution in [3.63, 3.8) is 0 Å². The number of hydrogen-bond donors (Lipinski definition) is 0. The molecule has 3 rings (SSSR count). The summed E-state index contributed by atoms with van der Waals surface area (Å²) in [4.78, 5) is 0. The molecule has 0 bridgehead atoms. The topological polar surface area (TPSA) is 0 Å². The van der Waals surface area contributed by atoms with Crippen LogP contribution in [0, 0.1) is 0 Å². The minimum Gasteiger partial charge on any atom is -0.0736 e. The van der Waals surface area contributed by atoms with E-state index < -0.39 is 0 Å². The second-order valence-electron chi connectivity index (χ2n) is 3.35. The zero-order valence-electron chi connectivity index (χ0n) is 8.48. The molecule has 0 atom stereocenters. The van der Waals surface area contributed by atoms with E-state index in [0.29, 0.717) is 0 Å². The first kappa shape index (κ1) is 11.1. The van der Waals surface area contributed by atoms with Crippen molar-refractivity contribution >= 4 is 45.3 Å². The highest BCUT2D eigenvalue weighted by Crippen LogP contribution is 2.95. The second-order valence-corrected chi connectivity index (χ2v) is 15.4. The Labute approximate surface area is 106 Å². The maximum atomic E-state index is 2.25. The Morgan fingerprint density at radius 3 is 1.31 bits per heavy atom. The van der Waals surface area contributed by atoms with Gasteiger partial charge in [0.1, 0.15) is 0 Å². The van der Waals surface area contributed by atoms with E-state index in [-0.39, 0.29) is 12.7 Å². The van der Waals surface area contributed by atoms with Gasteiger partial charge in [-0.1, -0.05) is 82.7 Å². The summed E-state index contributed by atoms with van der Waals surface area (Å²) in [6.45, 7) is 0. The molecule has 1 fully saturated rings. The fourth-order valence-corrected chi connectivity index (χ4v) is 17.7. The minimum atomic E-state index is 0.00631. The normalized spacial score (nSPS) is 23.8. The van der Waals surface area contributed by atoms with Crippen molar-refractivity contribution in [3.05, 3.63) is 60.7 Å². The maximum Gasteiger partial charge on any atom is 0.0552 e. The molecule has 80 valence electrons. The van der Waals surface area contributed by atoms with Crippen LogP contribution in [0.2, 0.25) is 0 Å². The molecule has 0 nitrogen and oxygen atoms in total. The molecule has 0 radical (unpaired) electrons. The van der Waals surface area contributed by atoms with E-state index in [1.807, 2.05) is 0 Å². The zero-order chi connectivity index (χ0) is 10.8. The van der Waals surface area contributed by atoms with Gasteiger partial charge in [-0.25, -0.2) is 0 Å². The number of hydrogen-bond acceptors (Lipinski definition) is 2. The highest BCUT2D eigenvalue weighted by atomic mass is 33.6. The van der Waals surface area contributed by atoms with E-state index in [9.17, 15) is 0 Å². The molecule has 0 saturated carbocycles. The Balaban J connectivity index is 1.68. The minimum absolute atomic E-state index is 0.00631. The quantitative estimate of drug-likeness (QED) is 0.729. The van der Waals surface area contributed by atoms with Crippen LogP contribution in [0.15, 0.2) is 60.7 Å².